The fourth-order valence-corrected chi connectivity index (χ4v) is 5.16. The van der Waals surface area contributed by atoms with Crippen molar-refractivity contribution in [2.24, 2.45) is 0 Å². The van der Waals surface area contributed by atoms with E-state index in [0.717, 1.165) is 34.9 Å². The molecule has 0 aliphatic heterocycles. The van der Waals surface area contributed by atoms with E-state index in [4.69, 9.17) is 9.52 Å². The number of rotatable bonds is 5. The molecule has 1 aliphatic carbocycles. The molecule has 4 aromatic rings. The first-order valence-electron chi connectivity index (χ1n) is 9.78. The number of carbonyl (C=O) groups excluding carboxylic acids is 1. The van der Waals surface area contributed by atoms with Gasteiger partial charge in [-0.15, -0.1) is 11.3 Å². The van der Waals surface area contributed by atoms with Crippen LogP contribution in [0.1, 0.15) is 32.4 Å². The Morgan fingerprint density at radius 2 is 2.07 bits per heavy atom. The summed E-state index contributed by atoms with van der Waals surface area (Å²) in [6.45, 7) is 2.61. The number of aromatic nitrogens is 2. The minimum Gasteiger partial charge on any atom is -0.469 e. The highest BCUT2D eigenvalue weighted by Gasteiger charge is 2.27. The van der Waals surface area contributed by atoms with Crippen LogP contribution in [0.4, 0.5) is 0 Å². The molecule has 0 radical (unpaired) electrons. The smallest absolute Gasteiger partial charge is 0.261 e. The molecule has 1 aliphatic rings. The van der Waals surface area contributed by atoms with Crippen LogP contribution in [-0.2, 0) is 19.3 Å². The van der Waals surface area contributed by atoms with E-state index in [2.05, 4.69) is 29.1 Å². The molecule has 29 heavy (non-hydrogen) atoms. The molecular weight excluding hydrogens is 382 g/mol. The van der Waals surface area contributed by atoms with Gasteiger partial charge in [-0.25, -0.2) is 4.68 Å². The molecule has 6 heteroatoms. The summed E-state index contributed by atoms with van der Waals surface area (Å²) < 4.78 is 7.37. The third kappa shape index (κ3) is 3.29. The van der Waals surface area contributed by atoms with Crippen molar-refractivity contribution in [1.29, 1.82) is 0 Å². The summed E-state index contributed by atoms with van der Waals surface area (Å²) in [5, 5.41) is 7.81. The van der Waals surface area contributed by atoms with Crippen LogP contribution >= 0.6 is 11.3 Å². The zero-order chi connectivity index (χ0) is 19.8. The number of nitrogens with zero attached hydrogens (tertiary/aromatic N) is 2. The number of hydrogen-bond donors (Lipinski definition) is 1. The standard InChI is InChI=1S/C23H21N3O2S/c1-15-21-19(26(25-15)17-6-3-2-4-7-17)10-9-16-14-20(29-22(16)21)23(27)24-12-11-18-8-5-13-28-18/h2-8,13-14H,9-12H2,1H3,(H,24,27). The molecule has 1 N–H and O–H groups in total. The maximum absolute atomic E-state index is 12.7. The first-order valence-corrected chi connectivity index (χ1v) is 10.6. The summed E-state index contributed by atoms with van der Waals surface area (Å²) in [7, 11) is 0. The van der Waals surface area contributed by atoms with Gasteiger partial charge in [0.1, 0.15) is 5.76 Å². The molecule has 0 saturated carbocycles. The van der Waals surface area contributed by atoms with Gasteiger partial charge in [-0.2, -0.15) is 5.10 Å². The van der Waals surface area contributed by atoms with Crippen LogP contribution in [0, 0.1) is 6.92 Å². The van der Waals surface area contributed by atoms with Gasteiger partial charge in [-0.3, -0.25) is 4.79 Å². The van der Waals surface area contributed by atoms with Crippen LogP contribution < -0.4 is 5.32 Å². The fourth-order valence-electron chi connectivity index (χ4n) is 3.92. The Bertz CT molecular complexity index is 1160. The zero-order valence-corrected chi connectivity index (χ0v) is 17.0. The van der Waals surface area contributed by atoms with Crippen LogP contribution in [0.25, 0.3) is 16.1 Å². The Balaban J connectivity index is 1.40. The number of para-hydroxylation sites is 1. The molecule has 3 heterocycles. The SMILES string of the molecule is Cc1nn(-c2ccccc2)c2c1-c1sc(C(=O)NCCc3ccco3)cc1CC2. The first-order chi connectivity index (χ1) is 14.2. The molecule has 5 nitrogen and oxygen atoms in total. The lowest BCUT2D eigenvalue weighted by Gasteiger charge is -2.14. The van der Waals surface area contributed by atoms with Crippen molar-refractivity contribution in [3.8, 4) is 16.1 Å². The second kappa shape index (κ2) is 7.37. The quantitative estimate of drug-likeness (QED) is 0.531. The van der Waals surface area contributed by atoms with Crippen LogP contribution in [0.15, 0.2) is 59.2 Å². The minimum absolute atomic E-state index is 0.0226. The van der Waals surface area contributed by atoms with Crippen molar-refractivity contribution in [3.63, 3.8) is 0 Å². The van der Waals surface area contributed by atoms with E-state index in [1.54, 1.807) is 17.6 Å². The van der Waals surface area contributed by atoms with Gasteiger partial charge in [0.05, 0.1) is 28.2 Å². The number of hydrogen-bond acceptors (Lipinski definition) is 4. The third-order valence-electron chi connectivity index (χ3n) is 5.28. The zero-order valence-electron chi connectivity index (χ0n) is 16.1. The number of amides is 1. The molecule has 0 fully saturated rings. The molecule has 1 aromatic carbocycles. The summed E-state index contributed by atoms with van der Waals surface area (Å²) in [5.41, 5.74) is 5.75. The predicted molar refractivity (Wildman–Crippen MR) is 114 cm³/mol. The van der Waals surface area contributed by atoms with Crippen LogP contribution in [0.2, 0.25) is 0 Å². The Morgan fingerprint density at radius 3 is 2.86 bits per heavy atom. The normalized spacial score (nSPS) is 12.4. The molecule has 0 atom stereocenters. The first kappa shape index (κ1) is 17.9. The van der Waals surface area contributed by atoms with Crippen LogP contribution in [-0.4, -0.2) is 22.2 Å². The average molecular weight is 404 g/mol. The minimum atomic E-state index is -0.0226. The van der Waals surface area contributed by atoms with Gasteiger partial charge in [0.25, 0.3) is 5.91 Å². The summed E-state index contributed by atoms with van der Waals surface area (Å²) >= 11 is 1.57. The number of carbonyl (C=O) groups is 1. The van der Waals surface area contributed by atoms with E-state index in [9.17, 15) is 4.79 Å². The lowest BCUT2D eigenvalue weighted by molar-refractivity contribution is 0.0957. The second-order valence-electron chi connectivity index (χ2n) is 7.20. The van der Waals surface area contributed by atoms with Gasteiger partial charge >= 0.3 is 0 Å². The lowest BCUT2D eigenvalue weighted by atomic mass is 9.95. The number of benzene rings is 1. The lowest BCUT2D eigenvalue weighted by Crippen LogP contribution is -2.24. The summed E-state index contributed by atoms with van der Waals surface area (Å²) in [6.07, 6.45) is 4.20. The number of nitrogens with one attached hydrogen (secondary N) is 1. The van der Waals surface area contributed by atoms with Gasteiger partial charge < -0.3 is 9.73 Å². The van der Waals surface area contributed by atoms with E-state index in [-0.39, 0.29) is 5.91 Å². The molecule has 0 bridgehead atoms. The Kier molecular flexibility index (Phi) is 4.56. The van der Waals surface area contributed by atoms with Gasteiger partial charge in [0.15, 0.2) is 0 Å². The highest BCUT2D eigenvalue weighted by molar-refractivity contribution is 7.17. The Hall–Kier alpha value is -3.12. The summed E-state index contributed by atoms with van der Waals surface area (Å²) in [6, 6.07) is 16.1. The molecule has 146 valence electrons. The van der Waals surface area contributed by atoms with Crippen molar-refractivity contribution in [2.75, 3.05) is 6.54 Å². The van der Waals surface area contributed by atoms with Gasteiger partial charge in [0.2, 0.25) is 0 Å². The molecule has 5 rings (SSSR count). The topological polar surface area (TPSA) is 60.1 Å². The van der Waals surface area contributed by atoms with E-state index in [1.165, 1.54) is 21.7 Å². The Labute approximate surface area is 173 Å². The largest absolute Gasteiger partial charge is 0.469 e. The number of aryl methyl sites for hydroxylation is 2. The highest BCUT2D eigenvalue weighted by atomic mass is 32.1. The average Bonchev–Trinajstić information content (AvgIpc) is 3.47. The number of furan rings is 1. The third-order valence-corrected chi connectivity index (χ3v) is 6.48. The summed E-state index contributed by atoms with van der Waals surface area (Å²) in [4.78, 5) is 14.6. The van der Waals surface area contributed by atoms with Crippen molar-refractivity contribution < 1.29 is 9.21 Å². The van der Waals surface area contributed by atoms with Gasteiger partial charge in [0, 0.05) is 23.4 Å². The van der Waals surface area contributed by atoms with Crippen molar-refractivity contribution in [2.45, 2.75) is 26.2 Å². The number of thiophene rings is 1. The predicted octanol–water partition coefficient (Wildman–Crippen LogP) is 4.57. The van der Waals surface area contributed by atoms with Gasteiger partial charge in [-0.1, -0.05) is 18.2 Å². The Morgan fingerprint density at radius 1 is 1.21 bits per heavy atom. The summed E-state index contributed by atoms with van der Waals surface area (Å²) in [5.74, 6) is 0.856. The monoisotopic (exact) mass is 403 g/mol. The van der Waals surface area contributed by atoms with E-state index >= 15 is 0 Å². The molecule has 0 unspecified atom stereocenters. The van der Waals surface area contributed by atoms with Crippen LogP contribution in [0.3, 0.4) is 0 Å². The molecule has 0 saturated heterocycles. The van der Waals surface area contributed by atoms with E-state index < -0.39 is 0 Å². The number of fused-ring (bicyclic) bond motifs is 3. The maximum atomic E-state index is 12.7. The van der Waals surface area contributed by atoms with E-state index in [0.29, 0.717) is 13.0 Å². The second-order valence-corrected chi connectivity index (χ2v) is 8.26. The molecule has 0 spiro atoms. The van der Waals surface area contributed by atoms with Crippen molar-refractivity contribution >= 4 is 17.2 Å². The van der Waals surface area contributed by atoms with Crippen molar-refractivity contribution in [3.05, 3.63) is 82.4 Å². The van der Waals surface area contributed by atoms with E-state index in [1.807, 2.05) is 36.4 Å². The van der Waals surface area contributed by atoms with Gasteiger partial charge in [-0.05, 0) is 55.7 Å². The molecule has 3 aromatic heterocycles. The highest BCUT2D eigenvalue weighted by Crippen LogP contribution is 2.42. The fraction of sp³-hybridized carbons (Fsp3) is 0.217. The maximum Gasteiger partial charge on any atom is 0.261 e. The van der Waals surface area contributed by atoms with Crippen molar-refractivity contribution in [1.82, 2.24) is 15.1 Å². The molecule has 1 amide bonds. The molecular formula is C23H21N3O2S. The van der Waals surface area contributed by atoms with Crippen LogP contribution in [0.5, 0.6) is 0 Å².